The van der Waals surface area contributed by atoms with Gasteiger partial charge in [0.2, 0.25) is 18.2 Å². The summed E-state index contributed by atoms with van der Waals surface area (Å²) in [6, 6.07) is 0.588. The minimum absolute atomic E-state index is 0.0316. The van der Waals surface area contributed by atoms with Crippen molar-refractivity contribution in [1.82, 2.24) is 20.0 Å². The summed E-state index contributed by atoms with van der Waals surface area (Å²) in [6.07, 6.45) is 13.7. The van der Waals surface area contributed by atoms with Crippen LogP contribution in [0.15, 0.2) is 11.6 Å². The predicted molar refractivity (Wildman–Crippen MR) is 155 cm³/mol. The van der Waals surface area contributed by atoms with E-state index >= 15 is 0 Å². The molecule has 0 saturated carbocycles. The van der Waals surface area contributed by atoms with E-state index in [1.807, 2.05) is 31.7 Å². The first-order valence-electron chi connectivity index (χ1n) is 14.7. The number of amides is 3. The zero-order chi connectivity index (χ0) is 28.2. The summed E-state index contributed by atoms with van der Waals surface area (Å²) in [5.74, 6) is 0.0632. The van der Waals surface area contributed by atoms with Crippen LogP contribution in [0.4, 0.5) is 0 Å². The van der Waals surface area contributed by atoms with E-state index in [-0.39, 0.29) is 30.3 Å². The highest BCUT2D eigenvalue weighted by molar-refractivity contribution is 5.93. The number of likely N-dealkylation sites (tertiary alicyclic amines) is 2. The summed E-state index contributed by atoms with van der Waals surface area (Å²) in [4.78, 5) is 41.4. The topological polar surface area (TPSA) is 73.0 Å². The summed E-state index contributed by atoms with van der Waals surface area (Å²) in [5, 5.41) is 2.40. The van der Waals surface area contributed by atoms with E-state index in [4.69, 9.17) is 0 Å². The first-order chi connectivity index (χ1) is 17.6. The number of piperidine rings is 1. The quantitative estimate of drug-likeness (QED) is 0.349. The van der Waals surface area contributed by atoms with Crippen LogP contribution >= 0.6 is 0 Å². The Morgan fingerprint density at radius 3 is 1.76 bits per heavy atom. The Morgan fingerprint density at radius 1 is 0.865 bits per heavy atom. The van der Waals surface area contributed by atoms with Gasteiger partial charge in [-0.15, -0.1) is 0 Å². The molecule has 0 aromatic rings. The van der Waals surface area contributed by atoms with E-state index in [1.165, 1.54) is 58.0 Å². The lowest BCUT2D eigenvalue weighted by atomic mass is 9.99. The van der Waals surface area contributed by atoms with Crippen molar-refractivity contribution in [2.24, 2.45) is 5.92 Å². The van der Waals surface area contributed by atoms with Gasteiger partial charge in [-0.05, 0) is 65.5 Å². The zero-order valence-corrected chi connectivity index (χ0v) is 25.4. The summed E-state index contributed by atoms with van der Waals surface area (Å²) < 4.78 is 0. The molecule has 37 heavy (non-hydrogen) atoms. The number of hydrogen-bond acceptors (Lipinski definition) is 4. The van der Waals surface area contributed by atoms with Crippen molar-refractivity contribution < 1.29 is 14.4 Å². The fourth-order valence-corrected chi connectivity index (χ4v) is 4.63. The lowest BCUT2D eigenvalue weighted by Crippen LogP contribution is -2.44. The molecule has 2 fully saturated rings. The monoisotopic (exact) mass is 522 g/mol. The molecule has 1 atom stereocenters. The van der Waals surface area contributed by atoms with Crippen molar-refractivity contribution >= 4 is 18.2 Å². The summed E-state index contributed by atoms with van der Waals surface area (Å²) in [6.45, 7) is 18.9. The molecule has 2 heterocycles. The number of likely N-dealkylation sites (N-methyl/N-ethyl adjacent to an activating group) is 1. The zero-order valence-electron chi connectivity index (χ0n) is 25.4. The van der Waals surface area contributed by atoms with E-state index < -0.39 is 0 Å². The van der Waals surface area contributed by atoms with Crippen LogP contribution in [0.25, 0.3) is 0 Å². The van der Waals surface area contributed by atoms with E-state index in [1.54, 1.807) is 11.9 Å². The minimum Gasteiger partial charge on any atom is -0.350 e. The Balaban J connectivity index is 0.000000887. The second-order valence-electron chi connectivity index (χ2n) is 11.0. The van der Waals surface area contributed by atoms with Crippen LogP contribution in [-0.2, 0) is 14.4 Å². The lowest BCUT2D eigenvalue weighted by Gasteiger charge is -2.30. The number of rotatable bonds is 8. The van der Waals surface area contributed by atoms with Crippen molar-refractivity contribution in [3.8, 4) is 0 Å². The summed E-state index contributed by atoms with van der Waals surface area (Å²) in [5.41, 5.74) is 0.683. The smallest absolute Gasteiger partial charge is 0.249 e. The third-order valence-electron chi connectivity index (χ3n) is 6.88. The van der Waals surface area contributed by atoms with Gasteiger partial charge < -0.3 is 20.0 Å². The number of nitrogens with one attached hydrogen (secondary N) is 1. The lowest BCUT2D eigenvalue weighted by molar-refractivity contribution is -0.132. The molecule has 0 aliphatic carbocycles. The van der Waals surface area contributed by atoms with Crippen LogP contribution in [0, 0.1) is 5.92 Å². The van der Waals surface area contributed by atoms with Gasteiger partial charge in [-0.25, -0.2) is 0 Å². The Morgan fingerprint density at radius 2 is 1.32 bits per heavy atom. The Kier molecular flexibility index (Phi) is 20.0. The fraction of sp³-hybridized carbons (Fsp3) is 0.833. The Labute approximate surface area is 228 Å². The SMILES string of the molecule is C/C(=C\[C@H](C(C)C)N(C)C(=O)CNC=O)C(=O)N1CCCCCCC1.CC(C)N1CCCCC1.CCC. The molecule has 0 radical (unpaired) electrons. The Bertz CT molecular complexity index is 649. The molecule has 3 amide bonds. The molecule has 2 aliphatic heterocycles. The fourth-order valence-electron chi connectivity index (χ4n) is 4.63. The van der Waals surface area contributed by atoms with Gasteiger partial charge in [0.15, 0.2) is 0 Å². The molecular formula is C30H58N4O3. The van der Waals surface area contributed by atoms with Crippen LogP contribution in [0.3, 0.4) is 0 Å². The van der Waals surface area contributed by atoms with E-state index in [0.717, 1.165) is 32.0 Å². The van der Waals surface area contributed by atoms with Gasteiger partial charge in [0.1, 0.15) is 0 Å². The summed E-state index contributed by atoms with van der Waals surface area (Å²) in [7, 11) is 1.71. The van der Waals surface area contributed by atoms with Gasteiger partial charge in [0.05, 0.1) is 12.6 Å². The second kappa shape index (κ2) is 21.1. The molecule has 0 spiro atoms. The third-order valence-corrected chi connectivity index (χ3v) is 6.88. The molecule has 2 aliphatic rings. The first-order valence-corrected chi connectivity index (χ1v) is 14.7. The van der Waals surface area contributed by atoms with Gasteiger partial charge in [-0.1, -0.05) is 65.9 Å². The molecule has 7 nitrogen and oxygen atoms in total. The predicted octanol–water partition coefficient (Wildman–Crippen LogP) is 5.25. The molecule has 0 unspecified atom stereocenters. The number of nitrogens with zero attached hydrogens (tertiary/aromatic N) is 3. The van der Waals surface area contributed by atoms with Gasteiger partial charge in [-0.3, -0.25) is 14.4 Å². The van der Waals surface area contributed by atoms with Gasteiger partial charge in [-0.2, -0.15) is 0 Å². The van der Waals surface area contributed by atoms with Gasteiger partial charge in [0.25, 0.3) is 0 Å². The van der Waals surface area contributed by atoms with E-state index in [2.05, 4.69) is 37.9 Å². The van der Waals surface area contributed by atoms with Crippen molar-refractivity contribution in [2.75, 3.05) is 39.8 Å². The van der Waals surface area contributed by atoms with Crippen molar-refractivity contribution in [3.05, 3.63) is 11.6 Å². The maximum absolute atomic E-state index is 12.8. The molecule has 2 rings (SSSR count). The Hall–Kier alpha value is -1.89. The van der Waals surface area contributed by atoms with Crippen LogP contribution in [0.2, 0.25) is 0 Å². The molecule has 1 N–H and O–H groups in total. The molecule has 0 aromatic heterocycles. The van der Waals surface area contributed by atoms with Crippen molar-refractivity contribution in [3.63, 3.8) is 0 Å². The van der Waals surface area contributed by atoms with Crippen LogP contribution in [0.1, 0.15) is 106 Å². The molecule has 216 valence electrons. The van der Waals surface area contributed by atoms with Crippen molar-refractivity contribution in [2.45, 2.75) is 118 Å². The number of carbonyl (C=O) groups excluding carboxylic acids is 3. The number of carbonyl (C=O) groups is 3. The molecule has 2 saturated heterocycles. The average molecular weight is 523 g/mol. The van der Waals surface area contributed by atoms with Crippen LogP contribution in [0.5, 0.6) is 0 Å². The largest absolute Gasteiger partial charge is 0.350 e. The van der Waals surface area contributed by atoms with Crippen LogP contribution < -0.4 is 5.32 Å². The normalized spacial score (nSPS) is 17.9. The minimum atomic E-state index is -0.181. The average Bonchev–Trinajstić information content (AvgIpc) is 2.86. The van der Waals surface area contributed by atoms with Gasteiger partial charge >= 0.3 is 0 Å². The molecular weight excluding hydrogens is 464 g/mol. The first kappa shape index (κ1) is 35.1. The van der Waals surface area contributed by atoms with Gasteiger partial charge in [0, 0.05) is 31.8 Å². The highest BCUT2D eigenvalue weighted by Crippen LogP contribution is 2.17. The number of hydrogen-bond donors (Lipinski definition) is 1. The highest BCUT2D eigenvalue weighted by atomic mass is 16.2. The maximum atomic E-state index is 12.8. The highest BCUT2D eigenvalue weighted by Gasteiger charge is 2.23. The van der Waals surface area contributed by atoms with E-state index in [9.17, 15) is 14.4 Å². The maximum Gasteiger partial charge on any atom is 0.249 e. The molecule has 7 heteroatoms. The molecule has 0 aromatic carbocycles. The molecule has 0 bridgehead atoms. The van der Waals surface area contributed by atoms with E-state index in [0.29, 0.717) is 12.0 Å². The summed E-state index contributed by atoms with van der Waals surface area (Å²) >= 11 is 0. The second-order valence-corrected chi connectivity index (χ2v) is 11.0. The standard InChI is InChI=1S/C19H33N3O3.C8H17N.C3H8/c1-15(2)17(21(4)18(24)13-20-14-23)12-16(3)19(25)22-10-8-6-5-7-9-11-22;1-8(2)9-6-4-3-5-7-9;1-3-2/h12,14-15,17H,5-11,13H2,1-4H3,(H,20,23);8H,3-7H2,1-2H3;3H2,1-2H3/b16-12+;;/t17-;;/m1../s1. The van der Waals surface area contributed by atoms with Crippen LogP contribution in [-0.4, -0.2) is 84.8 Å². The van der Waals surface area contributed by atoms with Crippen molar-refractivity contribution in [1.29, 1.82) is 0 Å². The third kappa shape index (κ3) is 15.2.